The third-order valence-corrected chi connectivity index (χ3v) is 4.62. The average Bonchev–Trinajstić information content (AvgIpc) is 2.61. The molecule has 136 valence electrons. The number of halogens is 1. The van der Waals surface area contributed by atoms with Gasteiger partial charge in [-0.05, 0) is 56.3 Å². The molecule has 0 unspecified atom stereocenters. The number of anilines is 1. The van der Waals surface area contributed by atoms with Crippen LogP contribution in [0, 0.1) is 0 Å². The highest BCUT2D eigenvalue weighted by Gasteiger charge is 2.34. The Balaban J connectivity index is 1.76. The second kappa shape index (κ2) is 7.48. The van der Waals surface area contributed by atoms with E-state index in [0.717, 1.165) is 0 Å². The first-order valence-corrected chi connectivity index (χ1v) is 8.81. The molecule has 1 N–H and O–H groups in total. The average molecular weight is 373 g/mol. The third kappa shape index (κ3) is 4.06. The van der Waals surface area contributed by atoms with Crippen LogP contribution in [-0.2, 0) is 4.74 Å². The zero-order valence-electron chi connectivity index (χ0n) is 14.8. The summed E-state index contributed by atoms with van der Waals surface area (Å²) in [6.07, 6.45) is 0. The van der Waals surface area contributed by atoms with E-state index in [2.05, 4.69) is 5.32 Å². The summed E-state index contributed by atoms with van der Waals surface area (Å²) in [6, 6.07) is 13.6. The molecule has 5 nitrogen and oxygen atoms in total. The van der Waals surface area contributed by atoms with Crippen molar-refractivity contribution in [1.29, 1.82) is 0 Å². The maximum Gasteiger partial charge on any atom is 0.255 e. The van der Waals surface area contributed by atoms with E-state index in [0.29, 0.717) is 41.6 Å². The lowest BCUT2D eigenvalue weighted by Crippen LogP contribution is -2.55. The molecule has 2 aromatic carbocycles. The molecule has 0 radical (unpaired) electrons. The first-order valence-electron chi connectivity index (χ1n) is 8.43. The molecule has 0 spiro atoms. The van der Waals surface area contributed by atoms with E-state index in [1.54, 1.807) is 48.5 Å². The van der Waals surface area contributed by atoms with Gasteiger partial charge in [-0.1, -0.05) is 17.7 Å². The normalized spacial score (nSPS) is 16.2. The minimum absolute atomic E-state index is 0.0686. The number of hydrogen-bond acceptors (Lipinski definition) is 3. The van der Waals surface area contributed by atoms with Gasteiger partial charge in [-0.3, -0.25) is 9.59 Å². The summed E-state index contributed by atoms with van der Waals surface area (Å²) in [4.78, 5) is 27.1. The number of carbonyl (C=O) groups is 2. The molecule has 0 saturated carbocycles. The molecule has 1 heterocycles. The van der Waals surface area contributed by atoms with Gasteiger partial charge in [-0.2, -0.15) is 0 Å². The minimum atomic E-state index is -0.363. The second-order valence-corrected chi connectivity index (χ2v) is 7.30. The van der Waals surface area contributed by atoms with Crippen LogP contribution in [0.5, 0.6) is 0 Å². The van der Waals surface area contributed by atoms with E-state index in [1.807, 2.05) is 18.7 Å². The van der Waals surface area contributed by atoms with Crippen molar-refractivity contribution in [2.45, 2.75) is 19.4 Å². The molecular weight excluding hydrogens is 352 g/mol. The van der Waals surface area contributed by atoms with Gasteiger partial charge in [0.1, 0.15) is 0 Å². The maximum atomic E-state index is 12.9. The first-order chi connectivity index (χ1) is 12.4. The SMILES string of the molecule is CC1(C)COCCN1C(=O)c1cccc(NC(=O)c2ccc(Cl)cc2)c1. The van der Waals surface area contributed by atoms with Crippen molar-refractivity contribution in [2.75, 3.05) is 25.1 Å². The highest BCUT2D eigenvalue weighted by atomic mass is 35.5. The van der Waals surface area contributed by atoms with Crippen LogP contribution in [0.4, 0.5) is 5.69 Å². The molecule has 1 saturated heterocycles. The van der Waals surface area contributed by atoms with E-state index in [-0.39, 0.29) is 17.4 Å². The number of morpholine rings is 1. The van der Waals surface area contributed by atoms with Gasteiger partial charge >= 0.3 is 0 Å². The molecule has 0 aromatic heterocycles. The van der Waals surface area contributed by atoms with Crippen LogP contribution in [0.1, 0.15) is 34.6 Å². The molecule has 1 aliphatic heterocycles. The number of nitrogens with one attached hydrogen (secondary N) is 1. The van der Waals surface area contributed by atoms with Gasteiger partial charge in [0.05, 0.1) is 18.8 Å². The van der Waals surface area contributed by atoms with Gasteiger partial charge in [0, 0.05) is 28.4 Å². The second-order valence-electron chi connectivity index (χ2n) is 6.86. The summed E-state index contributed by atoms with van der Waals surface area (Å²) in [5, 5.41) is 3.39. The van der Waals surface area contributed by atoms with E-state index in [9.17, 15) is 9.59 Å². The number of nitrogens with zero attached hydrogens (tertiary/aromatic N) is 1. The fraction of sp³-hybridized carbons (Fsp3) is 0.300. The number of amides is 2. The Morgan fingerprint density at radius 2 is 1.85 bits per heavy atom. The summed E-state index contributed by atoms with van der Waals surface area (Å²) in [5.74, 6) is -0.321. The van der Waals surface area contributed by atoms with Crippen LogP contribution >= 0.6 is 11.6 Å². The van der Waals surface area contributed by atoms with Crippen molar-refractivity contribution in [3.8, 4) is 0 Å². The van der Waals surface area contributed by atoms with E-state index < -0.39 is 0 Å². The summed E-state index contributed by atoms with van der Waals surface area (Å²) in [5.41, 5.74) is 1.24. The Labute approximate surface area is 157 Å². The van der Waals surface area contributed by atoms with Crippen molar-refractivity contribution in [3.63, 3.8) is 0 Å². The number of benzene rings is 2. The monoisotopic (exact) mass is 372 g/mol. The lowest BCUT2D eigenvalue weighted by atomic mass is 10.0. The Kier molecular flexibility index (Phi) is 5.30. The lowest BCUT2D eigenvalue weighted by Gasteiger charge is -2.42. The summed E-state index contributed by atoms with van der Waals surface area (Å²) < 4.78 is 5.47. The van der Waals surface area contributed by atoms with Crippen molar-refractivity contribution >= 4 is 29.1 Å². The van der Waals surface area contributed by atoms with Gasteiger partial charge in [0.25, 0.3) is 11.8 Å². The summed E-state index contributed by atoms with van der Waals surface area (Å²) >= 11 is 5.85. The summed E-state index contributed by atoms with van der Waals surface area (Å²) in [6.45, 7) is 5.55. The Morgan fingerprint density at radius 3 is 2.54 bits per heavy atom. The van der Waals surface area contributed by atoms with Gasteiger partial charge in [-0.25, -0.2) is 0 Å². The molecule has 6 heteroatoms. The molecule has 0 atom stereocenters. The number of carbonyl (C=O) groups excluding carboxylic acids is 2. The zero-order valence-corrected chi connectivity index (χ0v) is 15.5. The van der Waals surface area contributed by atoms with E-state index >= 15 is 0 Å². The van der Waals surface area contributed by atoms with Gasteiger partial charge in [-0.15, -0.1) is 0 Å². The number of hydrogen-bond donors (Lipinski definition) is 1. The Morgan fingerprint density at radius 1 is 1.12 bits per heavy atom. The first kappa shape index (κ1) is 18.4. The fourth-order valence-electron chi connectivity index (χ4n) is 2.93. The Hall–Kier alpha value is -2.37. The molecule has 2 amide bonds. The van der Waals surface area contributed by atoms with Crippen molar-refractivity contribution in [1.82, 2.24) is 4.90 Å². The standard InChI is InChI=1S/C20H21ClN2O3/c1-20(2)13-26-11-10-23(20)19(25)15-4-3-5-17(12-15)22-18(24)14-6-8-16(21)9-7-14/h3-9,12H,10-11,13H2,1-2H3,(H,22,24). The smallest absolute Gasteiger partial charge is 0.255 e. The Bertz CT molecular complexity index is 818. The van der Waals surface area contributed by atoms with Crippen LogP contribution in [0.15, 0.2) is 48.5 Å². The van der Waals surface area contributed by atoms with E-state index in [4.69, 9.17) is 16.3 Å². The predicted octanol–water partition coefficient (Wildman–Crippen LogP) is 3.84. The zero-order chi connectivity index (χ0) is 18.7. The highest BCUT2D eigenvalue weighted by Crippen LogP contribution is 2.23. The molecular formula is C20H21ClN2O3. The van der Waals surface area contributed by atoms with Crippen LogP contribution in [0.3, 0.4) is 0 Å². The predicted molar refractivity (Wildman–Crippen MR) is 102 cm³/mol. The van der Waals surface area contributed by atoms with Crippen molar-refractivity contribution in [3.05, 3.63) is 64.7 Å². The maximum absolute atomic E-state index is 12.9. The van der Waals surface area contributed by atoms with Gasteiger partial charge in [0.15, 0.2) is 0 Å². The van der Waals surface area contributed by atoms with Gasteiger partial charge < -0.3 is 15.0 Å². The number of rotatable bonds is 3. The summed E-state index contributed by atoms with van der Waals surface area (Å²) in [7, 11) is 0. The fourth-order valence-corrected chi connectivity index (χ4v) is 3.05. The highest BCUT2D eigenvalue weighted by molar-refractivity contribution is 6.30. The van der Waals surface area contributed by atoms with Crippen LogP contribution in [-0.4, -0.2) is 42.0 Å². The van der Waals surface area contributed by atoms with Gasteiger partial charge in [0.2, 0.25) is 0 Å². The molecule has 1 fully saturated rings. The topological polar surface area (TPSA) is 58.6 Å². The molecule has 26 heavy (non-hydrogen) atoms. The van der Waals surface area contributed by atoms with Crippen LogP contribution < -0.4 is 5.32 Å². The molecule has 3 rings (SSSR count). The van der Waals surface area contributed by atoms with E-state index in [1.165, 1.54) is 0 Å². The molecule has 1 aliphatic rings. The quantitative estimate of drug-likeness (QED) is 0.890. The minimum Gasteiger partial charge on any atom is -0.377 e. The molecule has 0 aliphatic carbocycles. The molecule has 0 bridgehead atoms. The lowest BCUT2D eigenvalue weighted by molar-refractivity contribution is -0.0370. The number of ether oxygens (including phenoxy) is 1. The largest absolute Gasteiger partial charge is 0.377 e. The van der Waals surface area contributed by atoms with Crippen molar-refractivity contribution in [2.24, 2.45) is 0 Å². The van der Waals surface area contributed by atoms with Crippen LogP contribution in [0.25, 0.3) is 0 Å². The van der Waals surface area contributed by atoms with Crippen LogP contribution in [0.2, 0.25) is 5.02 Å². The van der Waals surface area contributed by atoms with Crippen molar-refractivity contribution < 1.29 is 14.3 Å². The molecule has 2 aromatic rings. The third-order valence-electron chi connectivity index (χ3n) is 4.36.